The molecule has 0 spiro atoms. The summed E-state index contributed by atoms with van der Waals surface area (Å²) in [5.74, 6) is 0.156. The van der Waals surface area contributed by atoms with E-state index in [1.807, 2.05) is 0 Å². The number of cyclic esters (lactones) is 1. The lowest BCUT2D eigenvalue weighted by atomic mass is 9.90. The van der Waals surface area contributed by atoms with Crippen LogP contribution >= 0.6 is 0 Å². The fourth-order valence-electron chi connectivity index (χ4n) is 3.91. The highest BCUT2D eigenvalue weighted by molar-refractivity contribution is 5.73. The number of rotatable bonds is 12. The summed E-state index contributed by atoms with van der Waals surface area (Å²) >= 11 is 0. The number of esters is 1. The van der Waals surface area contributed by atoms with Crippen molar-refractivity contribution >= 4 is 5.97 Å². The quantitative estimate of drug-likeness (QED) is 0.292. The third-order valence-corrected chi connectivity index (χ3v) is 5.70. The average molecular weight is 359 g/mol. The molecule has 2 nitrogen and oxygen atoms in total. The largest absolute Gasteiger partial charge is 0.457 e. The van der Waals surface area contributed by atoms with Crippen LogP contribution in [0, 0.1) is 5.92 Å². The third kappa shape index (κ3) is 7.13. The Morgan fingerprint density at radius 1 is 0.846 bits per heavy atom. The number of aryl methyl sites for hydroxylation is 1. The molecule has 1 aliphatic rings. The van der Waals surface area contributed by atoms with Crippen LogP contribution in [0.1, 0.15) is 108 Å². The van der Waals surface area contributed by atoms with Crippen molar-refractivity contribution in [2.24, 2.45) is 5.92 Å². The Morgan fingerprint density at radius 3 is 2.15 bits per heavy atom. The van der Waals surface area contributed by atoms with Gasteiger partial charge in [0.25, 0.3) is 0 Å². The van der Waals surface area contributed by atoms with Gasteiger partial charge in [-0.25, -0.2) is 0 Å². The molecular weight excluding hydrogens is 320 g/mol. The minimum atomic E-state index is -0.0343. The van der Waals surface area contributed by atoms with Gasteiger partial charge in [-0.3, -0.25) is 4.79 Å². The van der Waals surface area contributed by atoms with Gasteiger partial charge in [-0.15, -0.1) is 0 Å². The van der Waals surface area contributed by atoms with Gasteiger partial charge < -0.3 is 4.74 Å². The Morgan fingerprint density at radius 2 is 1.50 bits per heavy atom. The first kappa shape index (κ1) is 21.0. The van der Waals surface area contributed by atoms with E-state index in [-0.39, 0.29) is 18.0 Å². The monoisotopic (exact) mass is 358 g/mol. The molecular formula is C24H38O2. The summed E-state index contributed by atoms with van der Waals surface area (Å²) in [6, 6.07) is 8.78. The highest BCUT2D eigenvalue weighted by Gasteiger charge is 2.30. The highest BCUT2D eigenvalue weighted by Crippen LogP contribution is 2.33. The van der Waals surface area contributed by atoms with E-state index in [0.717, 1.165) is 37.7 Å². The van der Waals surface area contributed by atoms with E-state index in [4.69, 9.17) is 4.74 Å². The minimum absolute atomic E-state index is 0.0257. The Hall–Kier alpha value is -1.31. The second kappa shape index (κ2) is 12.1. The van der Waals surface area contributed by atoms with E-state index in [1.165, 1.54) is 56.9 Å². The van der Waals surface area contributed by atoms with E-state index in [2.05, 4.69) is 38.1 Å². The van der Waals surface area contributed by atoms with Gasteiger partial charge in [-0.1, -0.05) is 89.5 Å². The van der Waals surface area contributed by atoms with E-state index in [1.54, 1.807) is 0 Å². The van der Waals surface area contributed by atoms with E-state index in [9.17, 15) is 4.79 Å². The number of hydrogen-bond donors (Lipinski definition) is 0. The van der Waals surface area contributed by atoms with Crippen LogP contribution < -0.4 is 0 Å². The maximum absolute atomic E-state index is 12.3. The zero-order chi connectivity index (χ0) is 18.6. The molecule has 0 amide bonds. The zero-order valence-corrected chi connectivity index (χ0v) is 17.0. The van der Waals surface area contributed by atoms with Crippen molar-refractivity contribution in [3.63, 3.8) is 0 Å². The number of unbranched alkanes of at least 4 members (excludes halogenated alkanes) is 7. The predicted octanol–water partition coefficient (Wildman–Crippen LogP) is 7.16. The fraction of sp³-hybridized carbons (Fsp3) is 0.708. The first-order valence-corrected chi connectivity index (χ1v) is 11.0. The van der Waals surface area contributed by atoms with Crippen LogP contribution in [-0.4, -0.2) is 5.97 Å². The van der Waals surface area contributed by atoms with E-state index in [0.29, 0.717) is 0 Å². The zero-order valence-electron chi connectivity index (χ0n) is 17.0. The molecule has 0 radical (unpaired) electrons. The lowest BCUT2D eigenvalue weighted by molar-refractivity contribution is -0.161. The summed E-state index contributed by atoms with van der Waals surface area (Å²) in [6.07, 6.45) is 15.6. The minimum Gasteiger partial charge on any atom is -0.457 e. The lowest BCUT2D eigenvalue weighted by Crippen LogP contribution is -2.26. The Bertz CT molecular complexity index is 505. The number of carbonyl (C=O) groups excluding carboxylic acids is 1. The standard InChI is InChI=1S/C24H38O2/c1-3-5-7-9-10-12-20-14-16-21(17-15-20)23-19-18-22(24(25)26-23)13-11-8-6-4-2/h14-17,22-23H,3-13,18-19H2,1-2H3. The Balaban J connectivity index is 1.73. The fourth-order valence-corrected chi connectivity index (χ4v) is 3.91. The molecule has 1 aromatic rings. The van der Waals surface area contributed by atoms with Crippen molar-refractivity contribution in [2.75, 3.05) is 0 Å². The van der Waals surface area contributed by atoms with Crippen LogP contribution in [-0.2, 0) is 16.0 Å². The summed E-state index contributed by atoms with van der Waals surface area (Å²) in [4.78, 5) is 12.3. The number of benzene rings is 1. The first-order chi connectivity index (χ1) is 12.7. The second-order valence-electron chi connectivity index (χ2n) is 7.95. The number of ether oxygens (including phenoxy) is 1. The average Bonchev–Trinajstić information content (AvgIpc) is 2.66. The number of hydrogen-bond acceptors (Lipinski definition) is 2. The first-order valence-electron chi connectivity index (χ1n) is 11.0. The molecule has 146 valence electrons. The van der Waals surface area contributed by atoms with Crippen LogP contribution in [0.15, 0.2) is 24.3 Å². The van der Waals surface area contributed by atoms with Crippen LogP contribution in [0.5, 0.6) is 0 Å². The van der Waals surface area contributed by atoms with Crippen molar-refractivity contribution in [2.45, 2.75) is 103 Å². The molecule has 2 rings (SSSR count). The van der Waals surface area contributed by atoms with Crippen LogP contribution in [0.2, 0.25) is 0 Å². The third-order valence-electron chi connectivity index (χ3n) is 5.70. The van der Waals surface area contributed by atoms with Crippen molar-refractivity contribution in [1.82, 2.24) is 0 Å². The van der Waals surface area contributed by atoms with Crippen molar-refractivity contribution in [3.8, 4) is 0 Å². The van der Waals surface area contributed by atoms with Crippen LogP contribution in [0.25, 0.3) is 0 Å². The Labute approximate surface area is 160 Å². The molecule has 26 heavy (non-hydrogen) atoms. The van der Waals surface area contributed by atoms with Gasteiger partial charge in [0.2, 0.25) is 0 Å². The summed E-state index contributed by atoms with van der Waals surface area (Å²) < 4.78 is 5.77. The van der Waals surface area contributed by atoms with Crippen LogP contribution in [0.4, 0.5) is 0 Å². The molecule has 1 aliphatic heterocycles. The topological polar surface area (TPSA) is 26.3 Å². The summed E-state index contributed by atoms with van der Waals surface area (Å²) in [5, 5.41) is 0. The normalized spacial score (nSPS) is 20.2. The molecule has 0 N–H and O–H groups in total. The van der Waals surface area contributed by atoms with Gasteiger partial charge in [0.05, 0.1) is 5.92 Å². The maximum atomic E-state index is 12.3. The molecule has 0 aliphatic carbocycles. The molecule has 0 saturated carbocycles. The molecule has 1 saturated heterocycles. The maximum Gasteiger partial charge on any atom is 0.309 e. The van der Waals surface area contributed by atoms with Gasteiger partial charge >= 0.3 is 5.97 Å². The van der Waals surface area contributed by atoms with Gasteiger partial charge in [-0.05, 0) is 43.2 Å². The SMILES string of the molecule is CCCCCCCc1ccc(C2CCC(CCCCCC)C(=O)O2)cc1. The molecule has 2 unspecified atom stereocenters. The summed E-state index contributed by atoms with van der Waals surface area (Å²) in [5.41, 5.74) is 2.57. The highest BCUT2D eigenvalue weighted by atomic mass is 16.5. The van der Waals surface area contributed by atoms with Gasteiger partial charge in [0, 0.05) is 0 Å². The molecule has 1 aromatic carbocycles. The molecule has 2 atom stereocenters. The molecule has 2 heteroatoms. The van der Waals surface area contributed by atoms with Gasteiger partial charge in [0.15, 0.2) is 0 Å². The van der Waals surface area contributed by atoms with Crippen molar-refractivity contribution < 1.29 is 9.53 Å². The molecule has 1 fully saturated rings. The lowest BCUT2D eigenvalue weighted by Gasteiger charge is -2.28. The second-order valence-corrected chi connectivity index (χ2v) is 7.95. The van der Waals surface area contributed by atoms with Gasteiger partial charge in [0.1, 0.15) is 6.10 Å². The van der Waals surface area contributed by atoms with Gasteiger partial charge in [-0.2, -0.15) is 0 Å². The molecule has 0 aromatic heterocycles. The number of carbonyl (C=O) groups is 1. The molecule has 0 bridgehead atoms. The van der Waals surface area contributed by atoms with Crippen molar-refractivity contribution in [3.05, 3.63) is 35.4 Å². The summed E-state index contributed by atoms with van der Waals surface area (Å²) in [7, 11) is 0. The molecule has 1 heterocycles. The Kier molecular flexibility index (Phi) is 9.81. The van der Waals surface area contributed by atoms with E-state index < -0.39 is 0 Å². The van der Waals surface area contributed by atoms with Crippen LogP contribution in [0.3, 0.4) is 0 Å². The van der Waals surface area contributed by atoms with Crippen molar-refractivity contribution in [1.29, 1.82) is 0 Å². The smallest absolute Gasteiger partial charge is 0.309 e. The predicted molar refractivity (Wildman–Crippen MR) is 109 cm³/mol. The van der Waals surface area contributed by atoms with E-state index >= 15 is 0 Å². The summed E-state index contributed by atoms with van der Waals surface area (Å²) in [6.45, 7) is 4.47.